The third kappa shape index (κ3) is 2.42. The van der Waals surface area contributed by atoms with E-state index in [-0.39, 0.29) is 11.4 Å². The number of hydrogen-bond acceptors (Lipinski definition) is 3. The van der Waals surface area contributed by atoms with E-state index in [4.69, 9.17) is 5.73 Å². The SMILES string of the molecule is Nc1c(Cc2ccccc2)cccc1[N+](=O)[O-]. The molecule has 86 valence electrons. The van der Waals surface area contributed by atoms with Crippen LogP contribution in [0, 0.1) is 10.1 Å². The number of nitro groups is 1. The highest BCUT2D eigenvalue weighted by molar-refractivity contribution is 5.63. The van der Waals surface area contributed by atoms with Crippen molar-refractivity contribution in [3.63, 3.8) is 0 Å². The van der Waals surface area contributed by atoms with Gasteiger partial charge in [-0.25, -0.2) is 0 Å². The van der Waals surface area contributed by atoms with E-state index in [9.17, 15) is 10.1 Å². The van der Waals surface area contributed by atoms with Gasteiger partial charge in [-0.05, 0) is 17.5 Å². The molecule has 0 saturated heterocycles. The van der Waals surface area contributed by atoms with Gasteiger partial charge in [0.1, 0.15) is 5.69 Å². The molecule has 0 aromatic heterocycles. The van der Waals surface area contributed by atoms with Gasteiger partial charge in [0.05, 0.1) is 4.92 Å². The summed E-state index contributed by atoms with van der Waals surface area (Å²) in [5, 5.41) is 10.8. The molecule has 0 unspecified atom stereocenters. The Hall–Kier alpha value is -2.36. The molecular formula is C13H12N2O2. The summed E-state index contributed by atoms with van der Waals surface area (Å²) >= 11 is 0. The zero-order valence-corrected chi connectivity index (χ0v) is 9.17. The number of rotatable bonds is 3. The van der Waals surface area contributed by atoms with Crippen LogP contribution >= 0.6 is 0 Å². The van der Waals surface area contributed by atoms with Crippen LogP contribution in [0.15, 0.2) is 48.5 Å². The fraction of sp³-hybridized carbons (Fsp3) is 0.0769. The molecule has 2 aromatic carbocycles. The van der Waals surface area contributed by atoms with E-state index in [1.54, 1.807) is 6.07 Å². The summed E-state index contributed by atoms with van der Waals surface area (Å²) in [6, 6.07) is 14.6. The molecular weight excluding hydrogens is 216 g/mol. The maximum absolute atomic E-state index is 10.8. The molecule has 2 rings (SSSR count). The number of benzene rings is 2. The van der Waals surface area contributed by atoms with Crippen molar-refractivity contribution >= 4 is 11.4 Å². The highest BCUT2D eigenvalue weighted by atomic mass is 16.6. The molecule has 0 saturated carbocycles. The predicted molar refractivity (Wildman–Crippen MR) is 66.8 cm³/mol. The standard InChI is InChI=1S/C13H12N2O2/c14-13-11(7-4-8-12(13)15(16)17)9-10-5-2-1-3-6-10/h1-8H,9,14H2. The van der Waals surface area contributed by atoms with Gasteiger partial charge < -0.3 is 5.73 Å². The number of nitrogen functional groups attached to an aromatic ring is 1. The summed E-state index contributed by atoms with van der Waals surface area (Å²) in [4.78, 5) is 10.3. The number of nitrogens with two attached hydrogens (primary N) is 1. The molecule has 17 heavy (non-hydrogen) atoms. The van der Waals surface area contributed by atoms with Gasteiger partial charge in [-0.2, -0.15) is 0 Å². The van der Waals surface area contributed by atoms with Crippen molar-refractivity contribution in [3.05, 3.63) is 69.8 Å². The summed E-state index contributed by atoms with van der Waals surface area (Å²) in [5.74, 6) is 0. The number of nitro benzene ring substituents is 1. The Bertz CT molecular complexity index is 538. The van der Waals surface area contributed by atoms with Gasteiger partial charge in [0.2, 0.25) is 0 Å². The second-order valence-electron chi connectivity index (χ2n) is 3.77. The molecule has 0 heterocycles. The smallest absolute Gasteiger partial charge is 0.292 e. The van der Waals surface area contributed by atoms with Gasteiger partial charge in [0.25, 0.3) is 5.69 Å². The topological polar surface area (TPSA) is 69.2 Å². The van der Waals surface area contributed by atoms with Crippen molar-refractivity contribution in [2.45, 2.75) is 6.42 Å². The summed E-state index contributed by atoms with van der Waals surface area (Å²) in [5.41, 5.74) is 7.88. The third-order valence-corrected chi connectivity index (χ3v) is 2.61. The van der Waals surface area contributed by atoms with Crippen LogP contribution in [0.25, 0.3) is 0 Å². The molecule has 0 aliphatic rings. The van der Waals surface area contributed by atoms with E-state index < -0.39 is 4.92 Å². The minimum absolute atomic E-state index is 0.0292. The maximum atomic E-state index is 10.8. The van der Waals surface area contributed by atoms with E-state index in [0.717, 1.165) is 11.1 Å². The number of hydrogen-bond donors (Lipinski definition) is 1. The van der Waals surface area contributed by atoms with E-state index in [0.29, 0.717) is 6.42 Å². The molecule has 2 aromatic rings. The van der Waals surface area contributed by atoms with Crippen LogP contribution < -0.4 is 5.73 Å². The van der Waals surface area contributed by atoms with Crippen LogP contribution in [0.1, 0.15) is 11.1 Å². The fourth-order valence-corrected chi connectivity index (χ4v) is 1.73. The Morgan fingerprint density at radius 2 is 1.76 bits per heavy atom. The van der Waals surface area contributed by atoms with Crippen LogP contribution in [0.4, 0.5) is 11.4 Å². The molecule has 2 N–H and O–H groups in total. The van der Waals surface area contributed by atoms with E-state index >= 15 is 0 Å². The van der Waals surface area contributed by atoms with E-state index in [2.05, 4.69) is 0 Å². The molecule has 4 heteroatoms. The lowest BCUT2D eigenvalue weighted by molar-refractivity contribution is -0.383. The normalized spacial score (nSPS) is 10.1. The predicted octanol–water partition coefficient (Wildman–Crippen LogP) is 2.77. The van der Waals surface area contributed by atoms with Crippen LogP contribution in [0.2, 0.25) is 0 Å². The fourth-order valence-electron chi connectivity index (χ4n) is 1.73. The van der Waals surface area contributed by atoms with Crippen LogP contribution in [-0.4, -0.2) is 4.92 Å². The molecule has 0 radical (unpaired) electrons. The van der Waals surface area contributed by atoms with Crippen molar-refractivity contribution in [1.29, 1.82) is 0 Å². The largest absolute Gasteiger partial charge is 0.393 e. The minimum atomic E-state index is -0.455. The van der Waals surface area contributed by atoms with Crippen LogP contribution in [-0.2, 0) is 6.42 Å². The molecule has 0 spiro atoms. The van der Waals surface area contributed by atoms with E-state index in [1.165, 1.54) is 6.07 Å². The first kappa shape index (κ1) is 11.1. The van der Waals surface area contributed by atoms with Crippen molar-refractivity contribution in [1.82, 2.24) is 0 Å². The lowest BCUT2D eigenvalue weighted by atomic mass is 10.0. The highest BCUT2D eigenvalue weighted by Gasteiger charge is 2.13. The van der Waals surface area contributed by atoms with Gasteiger partial charge >= 0.3 is 0 Å². The van der Waals surface area contributed by atoms with E-state index in [1.807, 2.05) is 36.4 Å². The molecule has 4 nitrogen and oxygen atoms in total. The molecule has 0 atom stereocenters. The average molecular weight is 228 g/mol. The number of anilines is 1. The molecule has 0 fully saturated rings. The van der Waals surface area contributed by atoms with Crippen molar-refractivity contribution in [3.8, 4) is 0 Å². The summed E-state index contributed by atoms with van der Waals surface area (Å²) in [7, 11) is 0. The highest BCUT2D eigenvalue weighted by Crippen LogP contribution is 2.26. The van der Waals surface area contributed by atoms with Gasteiger partial charge in [-0.3, -0.25) is 10.1 Å². The number of para-hydroxylation sites is 1. The van der Waals surface area contributed by atoms with Gasteiger partial charge in [-0.15, -0.1) is 0 Å². The molecule has 0 aliphatic heterocycles. The third-order valence-electron chi connectivity index (χ3n) is 2.61. The monoisotopic (exact) mass is 228 g/mol. The summed E-state index contributed by atoms with van der Waals surface area (Å²) in [6.45, 7) is 0. The maximum Gasteiger partial charge on any atom is 0.292 e. The van der Waals surface area contributed by atoms with Gasteiger partial charge in [0, 0.05) is 6.07 Å². The lowest BCUT2D eigenvalue weighted by Crippen LogP contribution is -2.00. The second kappa shape index (κ2) is 4.65. The zero-order valence-electron chi connectivity index (χ0n) is 9.17. The average Bonchev–Trinajstić information content (AvgIpc) is 2.33. The molecule has 0 amide bonds. The first-order valence-corrected chi connectivity index (χ1v) is 5.24. The lowest BCUT2D eigenvalue weighted by Gasteiger charge is -2.05. The zero-order chi connectivity index (χ0) is 12.3. The van der Waals surface area contributed by atoms with Crippen LogP contribution in [0.5, 0.6) is 0 Å². The second-order valence-corrected chi connectivity index (χ2v) is 3.77. The summed E-state index contributed by atoms with van der Waals surface area (Å²) < 4.78 is 0. The Balaban J connectivity index is 2.34. The number of nitrogens with zero attached hydrogens (tertiary/aromatic N) is 1. The minimum Gasteiger partial charge on any atom is -0.393 e. The van der Waals surface area contributed by atoms with Gasteiger partial charge in [0.15, 0.2) is 0 Å². The van der Waals surface area contributed by atoms with Crippen molar-refractivity contribution in [2.24, 2.45) is 0 Å². The quantitative estimate of drug-likeness (QED) is 0.499. The Kier molecular flexibility index (Phi) is 3.05. The van der Waals surface area contributed by atoms with Crippen LogP contribution in [0.3, 0.4) is 0 Å². The first-order chi connectivity index (χ1) is 8.18. The Labute approximate surface area is 98.8 Å². The van der Waals surface area contributed by atoms with Gasteiger partial charge in [-0.1, -0.05) is 42.5 Å². The first-order valence-electron chi connectivity index (χ1n) is 5.24. The molecule has 0 bridgehead atoms. The van der Waals surface area contributed by atoms with Crippen molar-refractivity contribution < 1.29 is 4.92 Å². The Morgan fingerprint density at radius 1 is 1.06 bits per heavy atom. The Morgan fingerprint density at radius 3 is 2.41 bits per heavy atom. The molecule has 0 aliphatic carbocycles. The summed E-state index contributed by atoms with van der Waals surface area (Å²) in [6.07, 6.45) is 0.606. The van der Waals surface area contributed by atoms with Crippen molar-refractivity contribution in [2.75, 3.05) is 5.73 Å².